The molecule has 0 spiro atoms. The predicted molar refractivity (Wildman–Crippen MR) is 109 cm³/mol. The van der Waals surface area contributed by atoms with E-state index in [0.717, 1.165) is 30.6 Å². The number of nitrogens with zero attached hydrogens (tertiary/aromatic N) is 3. The van der Waals surface area contributed by atoms with Crippen LogP contribution in [0.15, 0.2) is 22.3 Å². The molecule has 0 aromatic carbocycles. The van der Waals surface area contributed by atoms with Crippen molar-refractivity contribution in [3.05, 3.63) is 22.8 Å². The molecule has 1 aromatic heterocycles. The SMILES string of the molecule is CCCCCON=C(C(=O)NC1C(=O)N2C(C(=O)O)=CCS[C@@H]12)c1csc(N)n1. The summed E-state index contributed by atoms with van der Waals surface area (Å²) in [4.78, 5) is 47.0. The lowest BCUT2D eigenvalue weighted by molar-refractivity contribution is -0.150. The van der Waals surface area contributed by atoms with Gasteiger partial charge in [-0.25, -0.2) is 9.78 Å². The Labute approximate surface area is 175 Å². The first-order valence-electron chi connectivity index (χ1n) is 9.04. The third-order valence-corrected chi connectivity index (χ3v) is 6.18. The molecule has 0 aliphatic carbocycles. The number of thiazole rings is 1. The van der Waals surface area contributed by atoms with Gasteiger partial charge in [0.2, 0.25) is 0 Å². The first-order valence-corrected chi connectivity index (χ1v) is 11.0. The lowest BCUT2D eigenvalue weighted by Gasteiger charge is -2.48. The van der Waals surface area contributed by atoms with Gasteiger partial charge in [-0.05, 0) is 12.5 Å². The van der Waals surface area contributed by atoms with Gasteiger partial charge in [0.25, 0.3) is 11.8 Å². The van der Waals surface area contributed by atoms with Gasteiger partial charge in [-0.3, -0.25) is 14.5 Å². The van der Waals surface area contributed by atoms with Crippen molar-refractivity contribution in [1.29, 1.82) is 0 Å². The maximum atomic E-state index is 12.8. The molecule has 3 rings (SSSR count). The zero-order valence-corrected chi connectivity index (χ0v) is 17.3. The molecule has 0 radical (unpaired) electrons. The molecule has 29 heavy (non-hydrogen) atoms. The Morgan fingerprint density at radius 3 is 2.93 bits per heavy atom. The molecule has 1 fully saturated rings. The van der Waals surface area contributed by atoms with Crippen molar-refractivity contribution >= 4 is 51.7 Å². The van der Waals surface area contributed by atoms with E-state index in [-0.39, 0.29) is 22.2 Å². The average Bonchev–Trinajstić information content (AvgIpc) is 3.13. The molecule has 2 aliphatic heterocycles. The third-order valence-electron chi connectivity index (χ3n) is 4.33. The van der Waals surface area contributed by atoms with E-state index in [2.05, 4.69) is 22.4 Å². The molecule has 1 saturated heterocycles. The number of nitrogens with one attached hydrogen (secondary N) is 1. The lowest BCUT2D eigenvalue weighted by atomic mass is 10.0. The Morgan fingerprint density at radius 2 is 2.28 bits per heavy atom. The summed E-state index contributed by atoms with van der Waals surface area (Å²) in [7, 11) is 0. The Hall–Kier alpha value is -2.60. The smallest absolute Gasteiger partial charge is 0.352 e. The van der Waals surface area contributed by atoms with Gasteiger partial charge in [0, 0.05) is 11.1 Å². The molecule has 2 atom stereocenters. The minimum atomic E-state index is -1.17. The number of aliphatic carboxylic acids is 1. The van der Waals surface area contributed by atoms with Crippen LogP contribution in [0.4, 0.5) is 5.13 Å². The number of nitrogens with two attached hydrogens (primary N) is 1. The van der Waals surface area contributed by atoms with Crippen LogP contribution in [0.3, 0.4) is 0 Å². The molecule has 1 aromatic rings. The van der Waals surface area contributed by atoms with Crippen LogP contribution in [0.25, 0.3) is 0 Å². The van der Waals surface area contributed by atoms with E-state index in [1.54, 1.807) is 5.38 Å². The lowest BCUT2D eigenvalue weighted by Crippen LogP contribution is -2.70. The summed E-state index contributed by atoms with van der Waals surface area (Å²) in [6, 6.07) is -0.850. The van der Waals surface area contributed by atoms with Gasteiger partial charge in [0.1, 0.15) is 29.4 Å². The number of hydrogen-bond acceptors (Lipinski definition) is 9. The number of carbonyl (C=O) groups is 3. The number of hydrogen-bond donors (Lipinski definition) is 3. The average molecular weight is 440 g/mol. The minimum absolute atomic E-state index is 0.0651. The number of nitrogen functional groups attached to an aromatic ring is 1. The Balaban J connectivity index is 1.70. The van der Waals surface area contributed by atoms with Crippen LogP contribution in [-0.4, -0.2) is 62.3 Å². The van der Waals surface area contributed by atoms with Gasteiger partial charge in [-0.2, -0.15) is 0 Å². The number of oxime groups is 1. The van der Waals surface area contributed by atoms with E-state index in [9.17, 15) is 19.5 Å². The second-order valence-corrected chi connectivity index (χ2v) is 8.37. The van der Waals surface area contributed by atoms with Crippen molar-refractivity contribution < 1.29 is 24.3 Å². The number of carbonyl (C=O) groups excluding carboxylic acids is 2. The summed E-state index contributed by atoms with van der Waals surface area (Å²) in [5.74, 6) is -1.85. The van der Waals surface area contributed by atoms with Gasteiger partial charge < -0.3 is 21.0 Å². The highest BCUT2D eigenvalue weighted by atomic mass is 32.2. The van der Waals surface area contributed by atoms with Crippen LogP contribution in [0.1, 0.15) is 31.9 Å². The molecular formula is C17H21N5O5S2. The van der Waals surface area contributed by atoms with Crippen LogP contribution in [0, 0.1) is 0 Å². The molecule has 2 aliphatic rings. The first kappa shape index (κ1) is 21.1. The quantitative estimate of drug-likeness (QED) is 0.223. The van der Waals surface area contributed by atoms with Gasteiger partial charge in [0.05, 0.1) is 0 Å². The molecule has 1 unspecified atom stereocenters. The highest BCUT2D eigenvalue weighted by Gasteiger charge is 2.53. The number of rotatable bonds is 9. The summed E-state index contributed by atoms with van der Waals surface area (Å²) in [5.41, 5.74) is 5.77. The molecule has 2 amide bonds. The fourth-order valence-corrected chi connectivity index (χ4v) is 4.62. The summed E-state index contributed by atoms with van der Waals surface area (Å²) >= 11 is 2.53. The van der Waals surface area contributed by atoms with Crippen molar-refractivity contribution in [2.45, 2.75) is 37.6 Å². The summed E-state index contributed by atoms with van der Waals surface area (Å²) in [6.45, 7) is 2.42. The van der Waals surface area contributed by atoms with Gasteiger partial charge in [0.15, 0.2) is 10.8 Å². The zero-order valence-electron chi connectivity index (χ0n) is 15.7. The van der Waals surface area contributed by atoms with E-state index in [0.29, 0.717) is 12.4 Å². The maximum absolute atomic E-state index is 12.8. The number of β-lactam (4-membered cyclic amide) rings is 1. The molecule has 12 heteroatoms. The van der Waals surface area contributed by atoms with Crippen LogP contribution < -0.4 is 11.1 Å². The molecule has 3 heterocycles. The van der Waals surface area contributed by atoms with Crippen molar-refractivity contribution in [3.63, 3.8) is 0 Å². The third kappa shape index (κ3) is 4.53. The van der Waals surface area contributed by atoms with Crippen LogP contribution >= 0.6 is 23.1 Å². The highest BCUT2D eigenvalue weighted by Crippen LogP contribution is 2.37. The monoisotopic (exact) mass is 439 g/mol. The second-order valence-electron chi connectivity index (χ2n) is 6.33. The molecule has 0 saturated carbocycles. The van der Waals surface area contributed by atoms with E-state index in [1.807, 2.05) is 0 Å². The minimum Gasteiger partial charge on any atom is -0.477 e. The van der Waals surface area contributed by atoms with E-state index >= 15 is 0 Å². The topological polar surface area (TPSA) is 147 Å². The van der Waals surface area contributed by atoms with Crippen LogP contribution in [-0.2, 0) is 19.2 Å². The van der Waals surface area contributed by atoms with Crippen LogP contribution in [0.2, 0.25) is 0 Å². The van der Waals surface area contributed by atoms with E-state index < -0.39 is 29.2 Å². The zero-order chi connectivity index (χ0) is 21.0. The Bertz CT molecular complexity index is 868. The normalized spacial score (nSPS) is 21.1. The predicted octanol–water partition coefficient (Wildman–Crippen LogP) is 1.00. The van der Waals surface area contributed by atoms with Gasteiger partial charge in [-0.15, -0.1) is 23.1 Å². The highest BCUT2D eigenvalue weighted by molar-refractivity contribution is 8.00. The van der Waals surface area contributed by atoms with Crippen molar-refractivity contribution in [2.24, 2.45) is 5.16 Å². The first-order chi connectivity index (χ1) is 13.9. The molecule has 156 valence electrons. The standard InChI is InChI=1S/C17H21N5O5S2/c1-2-3-4-6-27-21-11(9-8-29-17(18)19-9)13(23)20-12-14(24)22-10(16(25)26)5-7-28-15(12)22/h5,8,12,15H,2-4,6-7H2,1H3,(H2,18,19)(H,20,23)(H,25,26)/t12?,15-/m0/s1. The van der Waals surface area contributed by atoms with E-state index in [4.69, 9.17) is 10.6 Å². The number of aromatic nitrogens is 1. The van der Waals surface area contributed by atoms with Gasteiger partial charge in [-0.1, -0.05) is 24.9 Å². The fraction of sp³-hybridized carbons (Fsp3) is 0.471. The van der Waals surface area contributed by atoms with Crippen molar-refractivity contribution in [1.82, 2.24) is 15.2 Å². The van der Waals surface area contributed by atoms with Crippen molar-refractivity contribution in [2.75, 3.05) is 18.1 Å². The Kier molecular flexibility index (Phi) is 6.75. The summed E-state index contributed by atoms with van der Waals surface area (Å²) < 4.78 is 0. The molecular weight excluding hydrogens is 418 g/mol. The number of amides is 2. The summed E-state index contributed by atoms with van der Waals surface area (Å²) in [6.07, 6.45) is 4.28. The number of carboxylic acids is 1. The van der Waals surface area contributed by atoms with Crippen LogP contribution in [0.5, 0.6) is 0 Å². The van der Waals surface area contributed by atoms with Crippen molar-refractivity contribution in [3.8, 4) is 0 Å². The number of carboxylic acid groups (broad SMARTS) is 1. The maximum Gasteiger partial charge on any atom is 0.352 e. The molecule has 4 N–H and O–H groups in total. The number of thioether (sulfide) groups is 1. The number of unbranched alkanes of at least 4 members (excludes halogenated alkanes) is 2. The number of anilines is 1. The largest absolute Gasteiger partial charge is 0.477 e. The van der Waals surface area contributed by atoms with Gasteiger partial charge >= 0.3 is 5.97 Å². The van der Waals surface area contributed by atoms with E-state index in [1.165, 1.54) is 22.7 Å². The number of fused-ring (bicyclic) bond motifs is 1. The molecule has 10 nitrogen and oxygen atoms in total. The second kappa shape index (κ2) is 9.27. The Morgan fingerprint density at radius 1 is 1.48 bits per heavy atom. The summed E-state index contributed by atoms with van der Waals surface area (Å²) in [5, 5.41) is 17.2. The molecule has 0 bridgehead atoms. The fourth-order valence-electron chi connectivity index (χ4n) is 2.88.